The molecule has 1 heterocycles. The van der Waals surface area contributed by atoms with Crippen molar-refractivity contribution in [3.8, 4) is 11.5 Å². The predicted molar refractivity (Wildman–Crippen MR) is 156 cm³/mol. The summed E-state index contributed by atoms with van der Waals surface area (Å²) in [5.74, 6) is -6.37. The van der Waals surface area contributed by atoms with Crippen molar-refractivity contribution in [1.82, 2.24) is 0 Å². The molecule has 2 aliphatic carbocycles. The molecular formula is C34H46F8O4. The Morgan fingerprint density at radius 3 is 1.98 bits per heavy atom. The molecule has 4 rings (SSSR count). The number of rotatable bonds is 15. The summed E-state index contributed by atoms with van der Waals surface area (Å²) in [4.78, 5) is 0. The molecule has 0 N–H and O–H groups in total. The van der Waals surface area contributed by atoms with E-state index in [0.29, 0.717) is 49.7 Å². The lowest BCUT2D eigenvalue weighted by molar-refractivity contribution is -0.306. The van der Waals surface area contributed by atoms with Gasteiger partial charge in [0.25, 0.3) is 0 Å². The maximum absolute atomic E-state index is 15.1. The summed E-state index contributed by atoms with van der Waals surface area (Å²) in [6, 6.07) is 0.795. The fraction of sp³-hybridized carbons (Fsp3) is 0.765. The van der Waals surface area contributed by atoms with Gasteiger partial charge in [-0.2, -0.15) is 26.3 Å². The number of hydrogen-bond acceptors (Lipinski definition) is 4. The van der Waals surface area contributed by atoms with E-state index in [0.717, 1.165) is 25.9 Å². The van der Waals surface area contributed by atoms with Crippen molar-refractivity contribution in [2.75, 3.05) is 6.61 Å². The molecule has 0 aromatic heterocycles. The summed E-state index contributed by atoms with van der Waals surface area (Å²) < 4.78 is 133. The van der Waals surface area contributed by atoms with Crippen LogP contribution in [0, 0.1) is 35.3 Å². The molecule has 0 bridgehead atoms. The molecule has 2 saturated carbocycles. The standard InChI is InChI=1S/C34H46F8O4/c1-2-3-4-5-23-9-15-26(43-20-23)14-8-22-6-10-24(11-7-22)33(39,40)45-27-16-12-25(13-17-27)34(41,42)46-28-18-29(35)32(30(36)19-28)44-21-31(37)38/h18-19,21-27H,2-17,20H2,1H3. The minimum absolute atomic E-state index is 0.0496. The molecule has 2 atom stereocenters. The van der Waals surface area contributed by atoms with Gasteiger partial charge in [-0.1, -0.05) is 26.2 Å². The van der Waals surface area contributed by atoms with Crippen molar-refractivity contribution in [2.24, 2.45) is 23.7 Å². The van der Waals surface area contributed by atoms with E-state index in [4.69, 9.17) is 9.47 Å². The van der Waals surface area contributed by atoms with E-state index in [1.807, 2.05) is 0 Å². The molecule has 1 aliphatic heterocycles. The van der Waals surface area contributed by atoms with Crippen LogP contribution in [0.2, 0.25) is 0 Å². The molecule has 262 valence electrons. The Morgan fingerprint density at radius 2 is 1.39 bits per heavy atom. The molecule has 0 spiro atoms. The molecule has 4 nitrogen and oxygen atoms in total. The van der Waals surface area contributed by atoms with Crippen molar-refractivity contribution in [3.63, 3.8) is 0 Å². The van der Waals surface area contributed by atoms with Gasteiger partial charge in [-0.05, 0) is 95.3 Å². The van der Waals surface area contributed by atoms with Gasteiger partial charge in [0.05, 0.1) is 24.0 Å². The van der Waals surface area contributed by atoms with E-state index in [2.05, 4.69) is 16.4 Å². The highest BCUT2D eigenvalue weighted by molar-refractivity contribution is 5.35. The van der Waals surface area contributed by atoms with E-state index in [9.17, 15) is 26.3 Å². The Bertz CT molecular complexity index is 1080. The molecule has 12 heteroatoms. The van der Waals surface area contributed by atoms with Gasteiger partial charge in [0.2, 0.25) is 0 Å². The van der Waals surface area contributed by atoms with Crippen molar-refractivity contribution < 1.29 is 54.1 Å². The zero-order chi connectivity index (χ0) is 33.3. The first kappa shape index (κ1) is 36.8. The topological polar surface area (TPSA) is 36.9 Å². The molecule has 46 heavy (non-hydrogen) atoms. The average molecular weight is 671 g/mol. The van der Waals surface area contributed by atoms with Crippen LogP contribution in [0.3, 0.4) is 0 Å². The van der Waals surface area contributed by atoms with E-state index >= 15 is 8.78 Å². The third kappa shape index (κ3) is 10.7. The van der Waals surface area contributed by atoms with Crippen LogP contribution in [0.4, 0.5) is 35.1 Å². The SMILES string of the molecule is CCCCCC1CCC(CCC2CCC(C(F)(F)OC3CCC(C(F)(F)Oc4cc(F)c(OC=C(F)F)c(F)c4)CC3)CC2)OC1. The first-order valence-electron chi connectivity index (χ1n) is 16.8. The summed E-state index contributed by atoms with van der Waals surface area (Å²) in [6.07, 6.45) is 0.369. The maximum atomic E-state index is 15.1. The molecule has 0 radical (unpaired) electrons. The quantitative estimate of drug-likeness (QED) is 0.106. The van der Waals surface area contributed by atoms with Gasteiger partial charge in [0, 0.05) is 18.7 Å². The zero-order valence-corrected chi connectivity index (χ0v) is 26.4. The van der Waals surface area contributed by atoms with E-state index in [-0.39, 0.29) is 38.0 Å². The second-order valence-electron chi connectivity index (χ2n) is 13.2. The molecule has 1 aromatic rings. The van der Waals surface area contributed by atoms with Crippen LogP contribution in [0.15, 0.2) is 24.5 Å². The smallest absolute Gasteiger partial charge is 0.400 e. The Kier molecular flexibility index (Phi) is 13.5. The van der Waals surface area contributed by atoms with Crippen LogP contribution in [0.1, 0.15) is 110 Å². The monoisotopic (exact) mass is 670 g/mol. The molecule has 0 amide bonds. The first-order chi connectivity index (χ1) is 21.9. The lowest BCUT2D eigenvalue weighted by Crippen LogP contribution is -2.42. The number of hydrogen-bond donors (Lipinski definition) is 0. The average Bonchev–Trinajstić information content (AvgIpc) is 3.00. The van der Waals surface area contributed by atoms with Crippen molar-refractivity contribution in [1.29, 1.82) is 0 Å². The minimum Gasteiger partial charge on any atom is -0.453 e. The van der Waals surface area contributed by atoms with Crippen molar-refractivity contribution in [3.05, 3.63) is 36.1 Å². The molecule has 3 aliphatic rings. The van der Waals surface area contributed by atoms with Crippen LogP contribution in [-0.4, -0.2) is 31.0 Å². The summed E-state index contributed by atoms with van der Waals surface area (Å²) in [5, 5.41) is 0. The predicted octanol–water partition coefficient (Wildman–Crippen LogP) is 11.2. The van der Waals surface area contributed by atoms with Gasteiger partial charge in [-0.15, -0.1) is 0 Å². The van der Waals surface area contributed by atoms with Gasteiger partial charge < -0.3 is 18.9 Å². The van der Waals surface area contributed by atoms with Crippen LogP contribution in [0.25, 0.3) is 0 Å². The van der Waals surface area contributed by atoms with Crippen LogP contribution >= 0.6 is 0 Å². The van der Waals surface area contributed by atoms with Gasteiger partial charge in [0.15, 0.2) is 23.6 Å². The summed E-state index contributed by atoms with van der Waals surface area (Å²) >= 11 is 0. The third-order valence-corrected chi connectivity index (χ3v) is 9.86. The van der Waals surface area contributed by atoms with Crippen molar-refractivity contribution >= 4 is 0 Å². The highest BCUT2D eigenvalue weighted by atomic mass is 19.3. The highest BCUT2D eigenvalue weighted by Crippen LogP contribution is 2.45. The number of alkyl halides is 4. The highest BCUT2D eigenvalue weighted by Gasteiger charge is 2.48. The lowest BCUT2D eigenvalue weighted by atomic mass is 9.78. The van der Waals surface area contributed by atoms with E-state index in [1.165, 1.54) is 32.1 Å². The largest absolute Gasteiger partial charge is 0.453 e. The van der Waals surface area contributed by atoms with Gasteiger partial charge >= 0.3 is 18.3 Å². The van der Waals surface area contributed by atoms with Crippen LogP contribution in [0.5, 0.6) is 11.5 Å². The van der Waals surface area contributed by atoms with E-state index < -0.39 is 59.4 Å². The van der Waals surface area contributed by atoms with E-state index in [1.54, 1.807) is 0 Å². The second kappa shape index (κ2) is 16.8. The Labute approximate surface area is 266 Å². The van der Waals surface area contributed by atoms with Crippen LogP contribution in [-0.2, 0) is 9.47 Å². The fourth-order valence-corrected chi connectivity index (χ4v) is 7.09. The van der Waals surface area contributed by atoms with Crippen molar-refractivity contribution in [2.45, 2.75) is 134 Å². The molecule has 2 unspecified atom stereocenters. The number of ether oxygens (including phenoxy) is 4. The van der Waals surface area contributed by atoms with Gasteiger partial charge in [-0.3, -0.25) is 0 Å². The minimum atomic E-state index is -3.86. The fourth-order valence-electron chi connectivity index (χ4n) is 7.09. The Balaban J connectivity index is 1.16. The summed E-state index contributed by atoms with van der Waals surface area (Å²) in [6.45, 7) is 3.03. The van der Waals surface area contributed by atoms with Crippen LogP contribution < -0.4 is 9.47 Å². The first-order valence-corrected chi connectivity index (χ1v) is 16.8. The summed E-state index contributed by atoms with van der Waals surface area (Å²) in [5.41, 5.74) is 0. The molecule has 3 fully saturated rings. The molecule has 1 aromatic carbocycles. The van der Waals surface area contributed by atoms with Gasteiger partial charge in [0.1, 0.15) is 5.75 Å². The summed E-state index contributed by atoms with van der Waals surface area (Å²) in [7, 11) is 0. The Hall–Kier alpha value is -2.08. The molecule has 1 saturated heterocycles. The molecular weight excluding hydrogens is 624 g/mol. The maximum Gasteiger partial charge on any atom is 0.400 e. The second-order valence-corrected chi connectivity index (χ2v) is 13.2. The normalized spacial score (nSPS) is 27.7. The Morgan fingerprint density at radius 1 is 0.783 bits per heavy atom. The number of halogens is 8. The number of benzene rings is 1. The lowest BCUT2D eigenvalue weighted by Gasteiger charge is -2.38. The van der Waals surface area contributed by atoms with Gasteiger partial charge in [-0.25, -0.2) is 8.78 Å². The zero-order valence-electron chi connectivity index (χ0n) is 26.4. The number of unbranched alkanes of at least 4 members (excludes halogenated alkanes) is 2. The third-order valence-electron chi connectivity index (χ3n) is 9.86.